The molecule has 0 aromatic heterocycles. The Labute approximate surface area is 123 Å². The zero-order valence-electron chi connectivity index (χ0n) is 12.7. The van der Waals surface area contributed by atoms with Crippen molar-refractivity contribution in [3.8, 4) is 0 Å². The zero-order valence-corrected chi connectivity index (χ0v) is 12.7. The van der Waals surface area contributed by atoms with Crippen LogP contribution in [0, 0.1) is 5.82 Å². The van der Waals surface area contributed by atoms with E-state index in [0.29, 0.717) is 12.0 Å². The molecular weight excluding hydrogens is 249 g/mol. The summed E-state index contributed by atoms with van der Waals surface area (Å²) in [6, 6.07) is 7.74. The molecule has 112 valence electrons. The van der Waals surface area contributed by atoms with E-state index < -0.39 is 0 Å². The van der Waals surface area contributed by atoms with Crippen LogP contribution in [0.25, 0.3) is 0 Å². The second-order valence-electron chi connectivity index (χ2n) is 6.14. The normalized spacial score (nSPS) is 21.7. The van der Waals surface area contributed by atoms with Crippen LogP contribution in [0.4, 0.5) is 4.39 Å². The van der Waals surface area contributed by atoms with Crippen molar-refractivity contribution in [3.63, 3.8) is 0 Å². The van der Waals surface area contributed by atoms with Gasteiger partial charge in [-0.2, -0.15) is 0 Å². The maximum Gasteiger partial charge on any atom is 0.123 e. The van der Waals surface area contributed by atoms with Gasteiger partial charge in [0.25, 0.3) is 0 Å². The first-order chi connectivity index (χ1) is 9.79. The number of halogens is 1. The van der Waals surface area contributed by atoms with Gasteiger partial charge in [-0.1, -0.05) is 51.2 Å². The third kappa shape index (κ3) is 4.90. The Morgan fingerprint density at radius 1 is 1.10 bits per heavy atom. The van der Waals surface area contributed by atoms with E-state index in [1.54, 1.807) is 6.07 Å². The van der Waals surface area contributed by atoms with E-state index in [-0.39, 0.29) is 5.82 Å². The number of hydrogen-bond acceptors (Lipinski definition) is 1. The van der Waals surface area contributed by atoms with Crippen molar-refractivity contribution in [2.75, 3.05) is 6.54 Å². The van der Waals surface area contributed by atoms with Crippen LogP contribution in [-0.2, 0) is 0 Å². The van der Waals surface area contributed by atoms with Gasteiger partial charge in [0.1, 0.15) is 5.82 Å². The molecule has 2 heteroatoms. The molecule has 0 atom stereocenters. The van der Waals surface area contributed by atoms with Gasteiger partial charge in [-0.05, 0) is 49.4 Å². The second-order valence-corrected chi connectivity index (χ2v) is 6.14. The van der Waals surface area contributed by atoms with Gasteiger partial charge in [0.2, 0.25) is 0 Å². The summed E-state index contributed by atoms with van der Waals surface area (Å²) in [4.78, 5) is 0. The average Bonchev–Trinajstić information content (AvgIpc) is 2.39. The molecule has 0 aliphatic heterocycles. The number of benzene rings is 1. The molecule has 0 spiro atoms. The van der Waals surface area contributed by atoms with Crippen LogP contribution in [0.15, 0.2) is 24.3 Å². The summed E-state index contributed by atoms with van der Waals surface area (Å²) >= 11 is 0. The Balaban J connectivity index is 1.52. The standard InChI is InChI=1S/C18H28FN/c1-2-3-4-5-6-7-11-20-18-13-16(14-18)15-9-8-10-17(19)12-15/h8-10,12,16,18,20H,2-7,11,13-14H2,1H3. The first-order valence-corrected chi connectivity index (χ1v) is 8.28. The van der Waals surface area contributed by atoms with E-state index in [4.69, 9.17) is 0 Å². The van der Waals surface area contributed by atoms with Crippen molar-refractivity contribution < 1.29 is 4.39 Å². The third-order valence-electron chi connectivity index (χ3n) is 4.42. The molecule has 1 saturated carbocycles. The fraction of sp³-hybridized carbons (Fsp3) is 0.667. The molecule has 1 aliphatic carbocycles. The maximum absolute atomic E-state index is 13.1. The fourth-order valence-electron chi connectivity index (χ4n) is 3.03. The van der Waals surface area contributed by atoms with Crippen LogP contribution in [0.1, 0.15) is 69.8 Å². The summed E-state index contributed by atoms with van der Waals surface area (Å²) in [5, 5.41) is 3.63. The van der Waals surface area contributed by atoms with Gasteiger partial charge in [0.15, 0.2) is 0 Å². The lowest BCUT2D eigenvalue weighted by Gasteiger charge is -2.36. The van der Waals surface area contributed by atoms with E-state index in [1.165, 1.54) is 63.0 Å². The fourth-order valence-corrected chi connectivity index (χ4v) is 3.03. The third-order valence-corrected chi connectivity index (χ3v) is 4.42. The molecule has 0 amide bonds. The predicted molar refractivity (Wildman–Crippen MR) is 83.5 cm³/mol. The van der Waals surface area contributed by atoms with Crippen molar-refractivity contribution in [2.45, 2.75) is 70.3 Å². The van der Waals surface area contributed by atoms with Gasteiger partial charge in [-0.3, -0.25) is 0 Å². The number of hydrogen-bond donors (Lipinski definition) is 1. The Kier molecular flexibility index (Phi) is 6.52. The monoisotopic (exact) mass is 277 g/mol. The first kappa shape index (κ1) is 15.5. The van der Waals surface area contributed by atoms with Gasteiger partial charge in [-0.15, -0.1) is 0 Å². The molecule has 1 N–H and O–H groups in total. The molecule has 20 heavy (non-hydrogen) atoms. The lowest BCUT2D eigenvalue weighted by atomic mass is 9.76. The van der Waals surface area contributed by atoms with Gasteiger partial charge < -0.3 is 5.32 Å². The molecule has 2 rings (SSSR count). The van der Waals surface area contributed by atoms with Crippen molar-refractivity contribution in [1.82, 2.24) is 5.32 Å². The summed E-state index contributed by atoms with van der Waals surface area (Å²) < 4.78 is 13.1. The topological polar surface area (TPSA) is 12.0 Å². The Bertz CT molecular complexity index is 385. The smallest absolute Gasteiger partial charge is 0.123 e. The zero-order chi connectivity index (χ0) is 14.2. The van der Waals surface area contributed by atoms with Crippen molar-refractivity contribution in [2.24, 2.45) is 0 Å². The van der Waals surface area contributed by atoms with E-state index in [2.05, 4.69) is 18.3 Å². The molecule has 0 unspecified atom stereocenters. The quantitative estimate of drug-likeness (QED) is 0.625. The highest BCUT2D eigenvalue weighted by atomic mass is 19.1. The molecule has 1 aromatic carbocycles. The largest absolute Gasteiger partial charge is 0.314 e. The predicted octanol–water partition coefficient (Wildman–Crippen LogP) is 5.02. The van der Waals surface area contributed by atoms with E-state index in [0.717, 1.165) is 6.54 Å². The molecule has 1 nitrogen and oxygen atoms in total. The van der Waals surface area contributed by atoms with E-state index in [1.807, 2.05) is 6.07 Å². The minimum absolute atomic E-state index is 0.106. The summed E-state index contributed by atoms with van der Waals surface area (Å²) in [6.45, 7) is 3.40. The van der Waals surface area contributed by atoms with Crippen molar-refractivity contribution >= 4 is 0 Å². The van der Waals surface area contributed by atoms with Gasteiger partial charge in [0, 0.05) is 6.04 Å². The minimum atomic E-state index is -0.106. The highest BCUT2D eigenvalue weighted by Crippen LogP contribution is 2.36. The Morgan fingerprint density at radius 3 is 2.60 bits per heavy atom. The van der Waals surface area contributed by atoms with Crippen molar-refractivity contribution in [3.05, 3.63) is 35.6 Å². The molecule has 1 aliphatic rings. The average molecular weight is 277 g/mol. The SMILES string of the molecule is CCCCCCCCNC1CC(c2cccc(F)c2)C1. The first-order valence-electron chi connectivity index (χ1n) is 8.28. The molecule has 0 saturated heterocycles. The lowest BCUT2D eigenvalue weighted by molar-refractivity contribution is 0.289. The summed E-state index contributed by atoms with van der Waals surface area (Å²) in [5.74, 6) is 0.457. The van der Waals surface area contributed by atoms with Gasteiger partial charge >= 0.3 is 0 Å². The summed E-state index contributed by atoms with van der Waals surface area (Å²) in [5.41, 5.74) is 1.17. The van der Waals surface area contributed by atoms with Crippen LogP contribution in [0.2, 0.25) is 0 Å². The van der Waals surface area contributed by atoms with Crippen LogP contribution < -0.4 is 5.32 Å². The van der Waals surface area contributed by atoms with Crippen LogP contribution in [-0.4, -0.2) is 12.6 Å². The van der Waals surface area contributed by atoms with Crippen LogP contribution >= 0.6 is 0 Å². The molecule has 0 heterocycles. The van der Waals surface area contributed by atoms with Gasteiger partial charge in [-0.25, -0.2) is 4.39 Å². The van der Waals surface area contributed by atoms with E-state index >= 15 is 0 Å². The molecule has 1 aromatic rings. The van der Waals surface area contributed by atoms with Gasteiger partial charge in [0.05, 0.1) is 0 Å². The molecule has 1 fully saturated rings. The maximum atomic E-state index is 13.1. The Morgan fingerprint density at radius 2 is 1.85 bits per heavy atom. The van der Waals surface area contributed by atoms with Crippen LogP contribution in [0.3, 0.4) is 0 Å². The minimum Gasteiger partial charge on any atom is -0.314 e. The number of rotatable bonds is 9. The number of unbranched alkanes of at least 4 members (excludes halogenated alkanes) is 5. The second kappa shape index (κ2) is 8.41. The number of nitrogens with one attached hydrogen (secondary N) is 1. The molecule has 0 bridgehead atoms. The van der Waals surface area contributed by atoms with E-state index in [9.17, 15) is 4.39 Å². The molecular formula is C18H28FN. The lowest BCUT2D eigenvalue weighted by Crippen LogP contribution is -2.40. The molecule has 0 radical (unpaired) electrons. The highest BCUT2D eigenvalue weighted by Gasteiger charge is 2.29. The van der Waals surface area contributed by atoms with Crippen LogP contribution in [0.5, 0.6) is 0 Å². The summed E-state index contributed by atoms with van der Waals surface area (Å²) in [6.07, 6.45) is 10.5. The Hall–Kier alpha value is -0.890. The highest BCUT2D eigenvalue weighted by molar-refractivity contribution is 5.23. The van der Waals surface area contributed by atoms with Crippen molar-refractivity contribution in [1.29, 1.82) is 0 Å². The summed E-state index contributed by atoms with van der Waals surface area (Å²) in [7, 11) is 0.